The number of aromatic nitrogens is 1. The topological polar surface area (TPSA) is 25.4 Å². The number of pyridine rings is 1. The summed E-state index contributed by atoms with van der Waals surface area (Å²) in [6.07, 6.45) is 7.51. The van der Waals surface area contributed by atoms with Gasteiger partial charge in [-0.1, -0.05) is 36.4 Å². The van der Waals surface area contributed by atoms with Crippen molar-refractivity contribution in [2.75, 3.05) is 26.2 Å². The number of ether oxygens (including phenoxy) is 1. The van der Waals surface area contributed by atoms with Crippen molar-refractivity contribution in [3.05, 3.63) is 66.0 Å². The maximum atomic E-state index is 6.07. The first-order chi connectivity index (χ1) is 11.3. The molecule has 3 heterocycles. The van der Waals surface area contributed by atoms with Gasteiger partial charge in [-0.25, -0.2) is 0 Å². The van der Waals surface area contributed by atoms with Gasteiger partial charge in [0.2, 0.25) is 0 Å². The zero-order valence-corrected chi connectivity index (χ0v) is 13.5. The molecule has 0 amide bonds. The molecule has 2 saturated heterocycles. The first-order valence-corrected chi connectivity index (χ1v) is 8.58. The van der Waals surface area contributed by atoms with Crippen LogP contribution >= 0.6 is 0 Å². The van der Waals surface area contributed by atoms with E-state index >= 15 is 0 Å². The van der Waals surface area contributed by atoms with Crippen molar-refractivity contribution < 1.29 is 4.74 Å². The summed E-state index contributed by atoms with van der Waals surface area (Å²) in [5.74, 6) is 0. The number of rotatable bonds is 5. The van der Waals surface area contributed by atoms with Crippen molar-refractivity contribution >= 4 is 0 Å². The minimum Gasteiger partial charge on any atom is -0.377 e. The molecule has 0 N–H and O–H groups in total. The number of nitrogens with zero attached hydrogens (tertiary/aromatic N) is 2. The monoisotopic (exact) mass is 308 g/mol. The maximum Gasteiger partial charge on any atom is 0.0623 e. The highest BCUT2D eigenvalue weighted by Gasteiger charge is 2.48. The highest BCUT2D eigenvalue weighted by molar-refractivity contribution is 5.15. The smallest absolute Gasteiger partial charge is 0.0623 e. The van der Waals surface area contributed by atoms with Crippen LogP contribution in [0.4, 0.5) is 0 Å². The van der Waals surface area contributed by atoms with E-state index in [9.17, 15) is 0 Å². The van der Waals surface area contributed by atoms with Crippen molar-refractivity contribution in [2.24, 2.45) is 5.41 Å². The third-order valence-electron chi connectivity index (χ3n) is 5.15. The summed E-state index contributed by atoms with van der Waals surface area (Å²) in [6.45, 7) is 4.49. The molecule has 2 aromatic rings. The zero-order chi connectivity index (χ0) is 15.5. The molecular formula is C20H24N2O. The molecule has 3 nitrogen and oxygen atoms in total. The van der Waals surface area contributed by atoms with Crippen molar-refractivity contribution in [1.29, 1.82) is 0 Å². The second kappa shape index (κ2) is 6.42. The summed E-state index contributed by atoms with van der Waals surface area (Å²) in [7, 11) is 0. The first-order valence-electron chi connectivity index (χ1n) is 8.58. The van der Waals surface area contributed by atoms with E-state index in [2.05, 4.69) is 46.3 Å². The Balaban J connectivity index is 1.23. The molecule has 0 saturated carbocycles. The van der Waals surface area contributed by atoms with Crippen LogP contribution in [0, 0.1) is 5.41 Å². The quantitative estimate of drug-likeness (QED) is 0.849. The Bertz CT molecular complexity index is 623. The van der Waals surface area contributed by atoms with Crippen LogP contribution < -0.4 is 0 Å². The van der Waals surface area contributed by atoms with Crippen LogP contribution in [0.25, 0.3) is 0 Å². The van der Waals surface area contributed by atoms with Crippen LogP contribution in [0.15, 0.2) is 54.9 Å². The Morgan fingerprint density at radius 3 is 2.70 bits per heavy atom. The minimum atomic E-state index is 0.371. The fourth-order valence-electron chi connectivity index (χ4n) is 4.02. The Kier molecular flexibility index (Phi) is 4.15. The fraction of sp³-hybridized carbons (Fsp3) is 0.450. The van der Waals surface area contributed by atoms with Gasteiger partial charge in [0.05, 0.1) is 12.7 Å². The molecule has 1 aromatic carbocycles. The largest absolute Gasteiger partial charge is 0.377 e. The Morgan fingerprint density at radius 1 is 1.09 bits per heavy atom. The minimum absolute atomic E-state index is 0.371. The van der Waals surface area contributed by atoms with Gasteiger partial charge in [0.1, 0.15) is 0 Å². The van der Waals surface area contributed by atoms with Crippen LogP contribution in [0.5, 0.6) is 0 Å². The number of hydrogen-bond acceptors (Lipinski definition) is 3. The molecule has 1 spiro atoms. The van der Waals surface area contributed by atoms with Crippen LogP contribution in [-0.4, -0.2) is 42.2 Å². The Labute approximate surface area is 138 Å². The van der Waals surface area contributed by atoms with Gasteiger partial charge < -0.3 is 9.64 Å². The summed E-state index contributed by atoms with van der Waals surface area (Å²) in [5, 5.41) is 0. The second-order valence-electron chi connectivity index (χ2n) is 7.15. The molecule has 1 aromatic heterocycles. The van der Waals surface area contributed by atoms with Crippen molar-refractivity contribution in [3.63, 3.8) is 0 Å². The summed E-state index contributed by atoms with van der Waals surface area (Å²) < 4.78 is 6.07. The lowest BCUT2D eigenvalue weighted by atomic mass is 9.77. The molecule has 1 atom stereocenters. The third kappa shape index (κ3) is 3.46. The fourth-order valence-corrected chi connectivity index (χ4v) is 4.02. The van der Waals surface area contributed by atoms with Crippen LogP contribution in [0.2, 0.25) is 0 Å². The Hall–Kier alpha value is -1.71. The lowest BCUT2D eigenvalue weighted by molar-refractivity contribution is -0.00773. The molecule has 0 unspecified atom stereocenters. The molecule has 120 valence electrons. The molecule has 2 aliphatic heterocycles. The van der Waals surface area contributed by atoms with E-state index in [1.165, 1.54) is 37.2 Å². The van der Waals surface area contributed by atoms with Crippen molar-refractivity contribution in [2.45, 2.75) is 25.4 Å². The van der Waals surface area contributed by atoms with Crippen LogP contribution in [-0.2, 0) is 17.6 Å². The van der Waals surface area contributed by atoms with Gasteiger partial charge in [0.15, 0.2) is 0 Å². The van der Waals surface area contributed by atoms with E-state index in [0.717, 1.165) is 19.4 Å². The van der Waals surface area contributed by atoms with Gasteiger partial charge in [-0.15, -0.1) is 0 Å². The van der Waals surface area contributed by atoms with Crippen molar-refractivity contribution in [1.82, 2.24) is 9.88 Å². The van der Waals surface area contributed by atoms with Crippen molar-refractivity contribution in [3.8, 4) is 0 Å². The average Bonchev–Trinajstić information content (AvgIpc) is 2.98. The molecule has 0 radical (unpaired) electrons. The summed E-state index contributed by atoms with van der Waals surface area (Å²) >= 11 is 0. The highest BCUT2D eigenvalue weighted by Crippen LogP contribution is 2.41. The molecule has 0 aliphatic carbocycles. The lowest BCUT2D eigenvalue weighted by Crippen LogP contribution is -2.57. The SMILES string of the molecule is c1ccc(CCN2CC3(CO[C@H](Cc4cccnc4)C3)C2)cc1. The predicted molar refractivity (Wildman–Crippen MR) is 91.3 cm³/mol. The number of benzene rings is 1. The third-order valence-corrected chi connectivity index (χ3v) is 5.15. The Morgan fingerprint density at radius 2 is 1.91 bits per heavy atom. The van der Waals surface area contributed by atoms with Gasteiger partial charge in [0, 0.05) is 43.9 Å². The summed E-state index contributed by atoms with van der Waals surface area (Å²) in [5.41, 5.74) is 3.14. The molecular weight excluding hydrogens is 284 g/mol. The van der Waals surface area contributed by atoms with Crippen LogP contribution in [0.3, 0.4) is 0 Å². The standard InChI is InChI=1S/C20H24N2O/c1-2-5-17(6-3-1)8-10-22-14-20(15-22)12-19(23-16-20)11-18-7-4-9-21-13-18/h1-7,9,13,19H,8,10-12,14-16H2/t19-/m1/s1. The molecule has 0 bridgehead atoms. The van der Waals surface area contributed by atoms with Crippen LogP contribution in [0.1, 0.15) is 17.5 Å². The van der Waals surface area contributed by atoms with E-state index in [-0.39, 0.29) is 0 Å². The van der Waals surface area contributed by atoms with E-state index in [1.54, 1.807) is 0 Å². The van der Waals surface area contributed by atoms with E-state index in [0.29, 0.717) is 11.5 Å². The molecule has 23 heavy (non-hydrogen) atoms. The zero-order valence-electron chi connectivity index (χ0n) is 13.5. The van der Waals surface area contributed by atoms with Gasteiger partial charge in [-0.05, 0) is 30.0 Å². The van der Waals surface area contributed by atoms with E-state index in [1.807, 2.05) is 18.5 Å². The number of likely N-dealkylation sites (tertiary alicyclic amines) is 1. The number of hydrogen-bond donors (Lipinski definition) is 0. The van der Waals surface area contributed by atoms with E-state index < -0.39 is 0 Å². The molecule has 2 fully saturated rings. The summed E-state index contributed by atoms with van der Waals surface area (Å²) in [6, 6.07) is 14.9. The van der Waals surface area contributed by atoms with Gasteiger partial charge in [-0.2, -0.15) is 0 Å². The maximum absolute atomic E-state index is 6.07. The highest BCUT2D eigenvalue weighted by atomic mass is 16.5. The summed E-state index contributed by atoms with van der Waals surface area (Å²) in [4.78, 5) is 6.77. The van der Waals surface area contributed by atoms with Gasteiger partial charge in [0.25, 0.3) is 0 Å². The first kappa shape index (κ1) is 14.9. The van der Waals surface area contributed by atoms with Gasteiger partial charge in [-0.3, -0.25) is 4.98 Å². The van der Waals surface area contributed by atoms with Gasteiger partial charge >= 0.3 is 0 Å². The normalized spacial score (nSPS) is 23.0. The molecule has 4 rings (SSSR count). The second-order valence-corrected chi connectivity index (χ2v) is 7.15. The molecule has 2 aliphatic rings. The van der Waals surface area contributed by atoms with E-state index in [4.69, 9.17) is 4.74 Å². The molecule has 3 heteroatoms. The predicted octanol–water partition coefficient (Wildman–Crippen LogP) is 2.96. The lowest BCUT2D eigenvalue weighted by Gasteiger charge is -2.47. The average molecular weight is 308 g/mol.